The van der Waals surface area contributed by atoms with Crippen molar-refractivity contribution in [3.63, 3.8) is 0 Å². The van der Waals surface area contributed by atoms with Gasteiger partial charge in [-0.05, 0) is 18.2 Å². The van der Waals surface area contributed by atoms with Crippen molar-refractivity contribution >= 4 is 23.2 Å². The molecular weight excluding hydrogens is 328 g/mol. The van der Waals surface area contributed by atoms with Crippen LogP contribution in [0.2, 0.25) is 5.02 Å². The second kappa shape index (κ2) is 7.53. The van der Waals surface area contributed by atoms with Crippen molar-refractivity contribution in [2.24, 2.45) is 4.99 Å². The summed E-state index contributed by atoms with van der Waals surface area (Å²) >= 11 is 6.08. The lowest BCUT2D eigenvalue weighted by molar-refractivity contribution is 0.369. The highest BCUT2D eigenvalue weighted by Crippen LogP contribution is 2.20. The minimum atomic E-state index is 0.499. The minimum Gasteiger partial charge on any atom is -0.368 e. The lowest BCUT2D eigenvalue weighted by Gasteiger charge is -2.37. The maximum atomic E-state index is 6.08. The highest BCUT2D eigenvalue weighted by Gasteiger charge is 2.20. The van der Waals surface area contributed by atoms with Crippen LogP contribution in [0.4, 0.5) is 5.69 Å². The van der Waals surface area contributed by atoms with Crippen LogP contribution in [0.25, 0.3) is 0 Å². The lowest BCUT2D eigenvalue weighted by Crippen LogP contribution is -2.52. The number of aryl methyl sites for hydroxylation is 1. The molecule has 1 aliphatic rings. The summed E-state index contributed by atoms with van der Waals surface area (Å²) in [5, 5.41) is 7.93. The summed E-state index contributed by atoms with van der Waals surface area (Å²) < 4.78 is 4.98. The van der Waals surface area contributed by atoms with Gasteiger partial charge in [0.2, 0.25) is 5.89 Å². The molecule has 0 spiro atoms. The van der Waals surface area contributed by atoms with Gasteiger partial charge < -0.3 is 19.6 Å². The van der Waals surface area contributed by atoms with Crippen molar-refractivity contribution in [3.05, 3.63) is 41.0 Å². The average molecular weight is 349 g/mol. The Morgan fingerprint density at radius 3 is 2.75 bits per heavy atom. The molecule has 0 amide bonds. The first-order chi connectivity index (χ1) is 11.7. The number of nitrogens with one attached hydrogen (secondary N) is 1. The number of rotatable bonds is 3. The van der Waals surface area contributed by atoms with Crippen LogP contribution in [0.1, 0.15) is 11.7 Å². The molecule has 8 heteroatoms. The number of benzene rings is 1. The molecule has 7 nitrogen and oxygen atoms in total. The van der Waals surface area contributed by atoms with Gasteiger partial charge in [-0.25, -0.2) is 0 Å². The normalized spacial score (nSPS) is 15.7. The fraction of sp³-hybridized carbons (Fsp3) is 0.438. The zero-order valence-corrected chi connectivity index (χ0v) is 14.6. The molecule has 3 rings (SSSR count). The van der Waals surface area contributed by atoms with E-state index in [9.17, 15) is 0 Å². The summed E-state index contributed by atoms with van der Waals surface area (Å²) in [5.41, 5.74) is 1.16. The van der Waals surface area contributed by atoms with E-state index in [1.165, 1.54) is 0 Å². The van der Waals surface area contributed by atoms with Crippen LogP contribution >= 0.6 is 11.6 Å². The second-order valence-electron chi connectivity index (χ2n) is 5.58. The second-order valence-corrected chi connectivity index (χ2v) is 6.02. The molecule has 1 fully saturated rings. The molecule has 0 radical (unpaired) electrons. The number of aliphatic imine (C=N–C) groups is 1. The maximum absolute atomic E-state index is 6.08. The molecule has 1 aromatic heterocycles. The lowest BCUT2D eigenvalue weighted by atomic mass is 10.2. The molecule has 128 valence electrons. The van der Waals surface area contributed by atoms with Crippen molar-refractivity contribution in [3.8, 4) is 0 Å². The predicted molar refractivity (Wildman–Crippen MR) is 94.5 cm³/mol. The zero-order valence-electron chi connectivity index (χ0n) is 13.9. The van der Waals surface area contributed by atoms with Gasteiger partial charge in [0, 0.05) is 50.9 Å². The number of hydrogen-bond acceptors (Lipinski definition) is 5. The quantitative estimate of drug-likeness (QED) is 0.675. The summed E-state index contributed by atoms with van der Waals surface area (Å²) in [6.07, 6.45) is 0. The number of aromatic nitrogens is 2. The number of guanidine groups is 1. The number of piperazine rings is 1. The first-order valence-electron chi connectivity index (χ1n) is 7.91. The van der Waals surface area contributed by atoms with Gasteiger partial charge in [-0.15, -0.1) is 0 Å². The van der Waals surface area contributed by atoms with E-state index in [4.69, 9.17) is 16.1 Å². The molecule has 2 aromatic rings. The van der Waals surface area contributed by atoms with Crippen LogP contribution in [-0.4, -0.2) is 54.2 Å². The van der Waals surface area contributed by atoms with Crippen molar-refractivity contribution in [2.45, 2.75) is 13.5 Å². The fourth-order valence-electron chi connectivity index (χ4n) is 2.75. The van der Waals surface area contributed by atoms with Gasteiger partial charge >= 0.3 is 0 Å². The summed E-state index contributed by atoms with van der Waals surface area (Å²) in [7, 11) is 1.78. The topological polar surface area (TPSA) is 69.8 Å². The van der Waals surface area contributed by atoms with Gasteiger partial charge in [-0.3, -0.25) is 4.99 Å². The Bertz CT molecular complexity index is 708. The SMILES string of the molecule is CN=C(NCc1noc(C)n1)N1CCN(c2cccc(Cl)c2)CC1. The number of halogens is 1. The van der Waals surface area contributed by atoms with E-state index < -0.39 is 0 Å². The molecule has 1 aliphatic heterocycles. The highest BCUT2D eigenvalue weighted by molar-refractivity contribution is 6.30. The Kier molecular flexibility index (Phi) is 5.20. The third kappa shape index (κ3) is 3.97. The average Bonchev–Trinajstić information content (AvgIpc) is 3.01. The number of hydrogen-bond donors (Lipinski definition) is 1. The van der Waals surface area contributed by atoms with Gasteiger partial charge in [-0.2, -0.15) is 4.98 Å². The molecule has 24 heavy (non-hydrogen) atoms. The van der Waals surface area contributed by atoms with E-state index in [2.05, 4.69) is 36.3 Å². The molecule has 1 N–H and O–H groups in total. The Hall–Kier alpha value is -2.28. The third-order valence-corrected chi connectivity index (χ3v) is 4.17. The number of anilines is 1. The Morgan fingerprint density at radius 2 is 2.12 bits per heavy atom. The van der Waals surface area contributed by atoms with Crippen molar-refractivity contribution in [2.75, 3.05) is 38.1 Å². The largest absolute Gasteiger partial charge is 0.368 e. The highest BCUT2D eigenvalue weighted by atomic mass is 35.5. The van der Waals surface area contributed by atoms with Crippen LogP contribution in [0.15, 0.2) is 33.8 Å². The first-order valence-corrected chi connectivity index (χ1v) is 8.29. The fourth-order valence-corrected chi connectivity index (χ4v) is 2.94. The van der Waals surface area contributed by atoms with E-state index in [0.29, 0.717) is 18.3 Å². The van der Waals surface area contributed by atoms with Crippen molar-refractivity contribution in [1.29, 1.82) is 0 Å². The van der Waals surface area contributed by atoms with E-state index >= 15 is 0 Å². The standard InChI is InChI=1S/C16H21ClN6O/c1-12-20-15(21-24-12)11-19-16(18-2)23-8-6-22(7-9-23)14-5-3-4-13(17)10-14/h3-5,10H,6-9,11H2,1-2H3,(H,18,19). The number of nitrogens with zero attached hydrogens (tertiary/aromatic N) is 5. The van der Waals surface area contributed by atoms with Gasteiger partial charge in [0.15, 0.2) is 11.8 Å². The van der Waals surface area contributed by atoms with Crippen LogP contribution in [0.5, 0.6) is 0 Å². The molecule has 0 unspecified atom stereocenters. The zero-order chi connectivity index (χ0) is 16.9. The minimum absolute atomic E-state index is 0.499. The van der Waals surface area contributed by atoms with Crippen LogP contribution < -0.4 is 10.2 Å². The van der Waals surface area contributed by atoms with Crippen LogP contribution in [0, 0.1) is 6.92 Å². The van der Waals surface area contributed by atoms with Gasteiger partial charge in [-0.1, -0.05) is 22.8 Å². The van der Waals surface area contributed by atoms with Crippen LogP contribution in [-0.2, 0) is 6.54 Å². The summed E-state index contributed by atoms with van der Waals surface area (Å²) in [5.74, 6) is 2.05. The van der Waals surface area contributed by atoms with E-state index in [0.717, 1.165) is 42.8 Å². The third-order valence-electron chi connectivity index (χ3n) is 3.94. The smallest absolute Gasteiger partial charge is 0.223 e. The molecule has 0 atom stereocenters. The maximum Gasteiger partial charge on any atom is 0.223 e. The summed E-state index contributed by atoms with van der Waals surface area (Å²) in [6, 6.07) is 7.97. The van der Waals surface area contributed by atoms with Gasteiger partial charge in [0.25, 0.3) is 0 Å². The first kappa shape index (κ1) is 16.6. The van der Waals surface area contributed by atoms with E-state index in [1.807, 2.05) is 18.2 Å². The van der Waals surface area contributed by atoms with Crippen molar-refractivity contribution < 1.29 is 4.52 Å². The predicted octanol–water partition coefficient (Wildman–Crippen LogP) is 1.93. The molecule has 1 aromatic carbocycles. The van der Waals surface area contributed by atoms with E-state index in [1.54, 1.807) is 14.0 Å². The molecule has 0 aliphatic carbocycles. The van der Waals surface area contributed by atoms with Gasteiger partial charge in [0.05, 0.1) is 6.54 Å². The Labute approximate surface area is 146 Å². The summed E-state index contributed by atoms with van der Waals surface area (Å²) in [6.45, 7) is 5.89. The Balaban J connectivity index is 1.54. The van der Waals surface area contributed by atoms with Gasteiger partial charge in [0.1, 0.15) is 0 Å². The van der Waals surface area contributed by atoms with Crippen molar-refractivity contribution in [1.82, 2.24) is 20.4 Å². The monoisotopic (exact) mass is 348 g/mol. The van der Waals surface area contributed by atoms with Crippen LogP contribution in [0.3, 0.4) is 0 Å². The molecule has 1 saturated heterocycles. The van der Waals surface area contributed by atoms with E-state index in [-0.39, 0.29) is 0 Å². The Morgan fingerprint density at radius 1 is 1.33 bits per heavy atom. The molecule has 0 saturated carbocycles. The molecule has 0 bridgehead atoms. The molecule has 2 heterocycles. The summed E-state index contributed by atoms with van der Waals surface area (Å²) in [4.78, 5) is 13.1. The molecular formula is C16H21ClN6O.